The molecule has 0 radical (unpaired) electrons. The van der Waals surface area contributed by atoms with Crippen molar-refractivity contribution in [3.8, 4) is 5.75 Å². The molecule has 1 aliphatic heterocycles. The SMILES string of the molecule is CC=NCC(=O)N1CCCCC1.COc1ccc(Cl)c(Cl)c1. The Hall–Kier alpha value is -1.26. The van der Waals surface area contributed by atoms with Crippen LogP contribution in [0.1, 0.15) is 26.2 Å². The summed E-state index contributed by atoms with van der Waals surface area (Å²) in [6, 6.07) is 5.13. The molecule has 0 bridgehead atoms. The predicted octanol–water partition coefficient (Wildman–Crippen LogP) is 4.09. The van der Waals surface area contributed by atoms with Crippen molar-refractivity contribution in [2.24, 2.45) is 4.99 Å². The van der Waals surface area contributed by atoms with Gasteiger partial charge in [-0.2, -0.15) is 0 Å². The van der Waals surface area contributed by atoms with Crippen molar-refractivity contribution in [1.29, 1.82) is 0 Å². The van der Waals surface area contributed by atoms with Crippen molar-refractivity contribution in [1.82, 2.24) is 4.90 Å². The van der Waals surface area contributed by atoms with Crippen molar-refractivity contribution >= 4 is 35.3 Å². The van der Waals surface area contributed by atoms with E-state index >= 15 is 0 Å². The average molecular weight is 345 g/mol. The number of ether oxygens (including phenoxy) is 1. The Bertz CT molecular complexity index is 501. The van der Waals surface area contributed by atoms with Gasteiger partial charge in [-0.1, -0.05) is 23.2 Å². The highest BCUT2D eigenvalue weighted by molar-refractivity contribution is 6.42. The van der Waals surface area contributed by atoms with Gasteiger partial charge in [0.1, 0.15) is 12.3 Å². The summed E-state index contributed by atoms with van der Waals surface area (Å²) in [4.78, 5) is 17.2. The molecule has 1 aromatic carbocycles. The molecule has 4 nitrogen and oxygen atoms in total. The smallest absolute Gasteiger partial charge is 0.244 e. The monoisotopic (exact) mass is 344 g/mol. The number of nitrogens with zero attached hydrogens (tertiary/aromatic N) is 2. The van der Waals surface area contributed by atoms with Gasteiger partial charge < -0.3 is 9.64 Å². The van der Waals surface area contributed by atoms with Gasteiger partial charge in [-0.25, -0.2) is 0 Å². The van der Waals surface area contributed by atoms with Crippen LogP contribution in [-0.2, 0) is 4.79 Å². The van der Waals surface area contributed by atoms with E-state index in [2.05, 4.69) is 4.99 Å². The van der Waals surface area contributed by atoms with Gasteiger partial charge >= 0.3 is 0 Å². The Balaban J connectivity index is 0.000000224. The average Bonchev–Trinajstić information content (AvgIpc) is 2.56. The van der Waals surface area contributed by atoms with Crippen LogP contribution in [0.15, 0.2) is 23.2 Å². The van der Waals surface area contributed by atoms with Crippen LogP contribution in [0.3, 0.4) is 0 Å². The first-order valence-electron chi connectivity index (χ1n) is 7.29. The summed E-state index contributed by atoms with van der Waals surface area (Å²) in [5, 5.41) is 1.06. The van der Waals surface area contributed by atoms with Crippen LogP contribution in [0.25, 0.3) is 0 Å². The van der Waals surface area contributed by atoms with Gasteiger partial charge in [-0.15, -0.1) is 0 Å². The molecular formula is C16H22Cl2N2O2. The van der Waals surface area contributed by atoms with E-state index in [9.17, 15) is 4.79 Å². The highest BCUT2D eigenvalue weighted by Gasteiger charge is 2.14. The predicted molar refractivity (Wildman–Crippen MR) is 92.5 cm³/mol. The molecule has 0 N–H and O–H groups in total. The molecule has 2 rings (SSSR count). The third kappa shape index (κ3) is 6.67. The zero-order valence-electron chi connectivity index (χ0n) is 13.0. The third-order valence-electron chi connectivity index (χ3n) is 3.24. The van der Waals surface area contributed by atoms with Crippen LogP contribution >= 0.6 is 23.2 Å². The number of hydrogen-bond donors (Lipinski definition) is 0. The zero-order chi connectivity index (χ0) is 16.4. The second-order valence-electron chi connectivity index (χ2n) is 4.82. The number of rotatable bonds is 3. The van der Waals surface area contributed by atoms with E-state index < -0.39 is 0 Å². The normalized spacial score (nSPS) is 14.5. The summed E-state index contributed by atoms with van der Waals surface area (Å²) in [6.07, 6.45) is 5.26. The van der Waals surface area contributed by atoms with Crippen LogP contribution in [0.2, 0.25) is 10.0 Å². The van der Waals surface area contributed by atoms with Crippen molar-refractivity contribution < 1.29 is 9.53 Å². The molecule has 0 spiro atoms. The largest absolute Gasteiger partial charge is 0.497 e. The number of amides is 1. The Morgan fingerprint density at radius 2 is 1.95 bits per heavy atom. The van der Waals surface area contributed by atoms with Gasteiger partial charge in [0.2, 0.25) is 5.91 Å². The highest BCUT2D eigenvalue weighted by Crippen LogP contribution is 2.25. The summed E-state index contributed by atoms with van der Waals surface area (Å²) < 4.78 is 4.91. The lowest BCUT2D eigenvalue weighted by atomic mass is 10.1. The minimum atomic E-state index is 0.174. The van der Waals surface area contributed by atoms with Crippen LogP contribution in [0, 0.1) is 0 Å². The molecule has 0 saturated carbocycles. The summed E-state index contributed by atoms with van der Waals surface area (Å²) in [7, 11) is 1.58. The van der Waals surface area contributed by atoms with Gasteiger partial charge in [0, 0.05) is 19.2 Å². The summed E-state index contributed by atoms with van der Waals surface area (Å²) in [5.74, 6) is 0.891. The third-order valence-corrected chi connectivity index (χ3v) is 3.98. The van der Waals surface area contributed by atoms with E-state index in [1.165, 1.54) is 6.42 Å². The van der Waals surface area contributed by atoms with Crippen molar-refractivity contribution in [2.45, 2.75) is 26.2 Å². The van der Waals surface area contributed by atoms with Crippen LogP contribution < -0.4 is 4.74 Å². The number of likely N-dealkylation sites (tertiary alicyclic amines) is 1. The molecule has 1 heterocycles. The first-order chi connectivity index (χ1) is 10.6. The van der Waals surface area contributed by atoms with Crippen molar-refractivity contribution in [3.05, 3.63) is 28.2 Å². The maximum atomic E-state index is 11.4. The summed E-state index contributed by atoms with van der Waals surface area (Å²) >= 11 is 11.3. The number of carbonyl (C=O) groups excluding carboxylic acids is 1. The number of carbonyl (C=O) groups is 1. The second kappa shape index (κ2) is 10.5. The Morgan fingerprint density at radius 3 is 2.50 bits per heavy atom. The van der Waals surface area contributed by atoms with Crippen LogP contribution in [0.4, 0.5) is 0 Å². The maximum Gasteiger partial charge on any atom is 0.244 e. The molecule has 1 amide bonds. The fourth-order valence-electron chi connectivity index (χ4n) is 2.02. The maximum absolute atomic E-state index is 11.4. The lowest BCUT2D eigenvalue weighted by Crippen LogP contribution is -2.37. The topological polar surface area (TPSA) is 41.9 Å². The highest BCUT2D eigenvalue weighted by atomic mass is 35.5. The van der Waals surface area contributed by atoms with E-state index in [4.69, 9.17) is 27.9 Å². The second-order valence-corrected chi connectivity index (χ2v) is 5.63. The molecule has 1 fully saturated rings. The van der Waals surface area contributed by atoms with E-state index in [1.54, 1.807) is 31.5 Å². The number of halogens is 2. The Kier molecular flexibility index (Phi) is 8.94. The van der Waals surface area contributed by atoms with Gasteiger partial charge in [0.15, 0.2) is 0 Å². The molecular weight excluding hydrogens is 323 g/mol. The van der Waals surface area contributed by atoms with Crippen molar-refractivity contribution in [2.75, 3.05) is 26.7 Å². The van der Waals surface area contributed by atoms with Crippen LogP contribution in [0.5, 0.6) is 5.75 Å². The number of hydrogen-bond acceptors (Lipinski definition) is 3. The number of aliphatic imine (C=N–C) groups is 1. The molecule has 0 aromatic heterocycles. The van der Waals surface area contributed by atoms with Crippen molar-refractivity contribution in [3.63, 3.8) is 0 Å². The Morgan fingerprint density at radius 1 is 1.27 bits per heavy atom. The van der Waals surface area contributed by atoms with Gasteiger partial charge in [-0.3, -0.25) is 9.79 Å². The van der Waals surface area contributed by atoms with Gasteiger partial charge in [-0.05, 0) is 44.5 Å². The molecule has 1 aromatic rings. The molecule has 6 heteroatoms. The van der Waals surface area contributed by atoms with Gasteiger partial charge in [0.25, 0.3) is 0 Å². The van der Waals surface area contributed by atoms with E-state index in [-0.39, 0.29) is 5.91 Å². The standard InChI is InChI=1S/C9H16N2O.C7H6Cl2O/c1-2-10-8-9(12)11-6-4-3-5-7-11;1-10-5-2-3-6(8)7(9)4-5/h2H,3-8H2,1H3;2-4H,1H3. The fraction of sp³-hybridized carbons (Fsp3) is 0.500. The molecule has 122 valence electrons. The van der Waals surface area contributed by atoms with Crippen LogP contribution in [-0.4, -0.2) is 43.8 Å². The first kappa shape index (κ1) is 18.8. The minimum absolute atomic E-state index is 0.174. The molecule has 22 heavy (non-hydrogen) atoms. The lowest BCUT2D eigenvalue weighted by Gasteiger charge is -2.25. The number of methoxy groups -OCH3 is 1. The molecule has 0 atom stereocenters. The molecule has 1 saturated heterocycles. The molecule has 1 aliphatic rings. The fourth-order valence-corrected chi connectivity index (χ4v) is 2.30. The minimum Gasteiger partial charge on any atom is -0.497 e. The zero-order valence-corrected chi connectivity index (χ0v) is 14.5. The van der Waals surface area contributed by atoms with E-state index in [1.807, 2.05) is 11.8 Å². The lowest BCUT2D eigenvalue weighted by molar-refractivity contribution is -0.130. The Labute approximate surface area is 142 Å². The number of benzene rings is 1. The quantitative estimate of drug-likeness (QED) is 0.775. The molecule has 0 unspecified atom stereocenters. The molecule has 0 aliphatic carbocycles. The van der Waals surface area contributed by atoms with Gasteiger partial charge in [0.05, 0.1) is 17.2 Å². The van der Waals surface area contributed by atoms with E-state index in [0.29, 0.717) is 16.6 Å². The summed E-state index contributed by atoms with van der Waals surface area (Å²) in [5.41, 5.74) is 0. The van der Waals surface area contributed by atoms with E-state index in [0.717, 1.165) is 31.7 Å². The summed E-state index contributed by atoms with van der Waals surface area (Å²) in [6.45, 7) is 4.02. The number of piperidine rings is 1. The first-order valence-corrected chi connectivity index (χ1v) is 8.05.